The van der Waals surface area contributed by atoms with Crippen LogP contribution in [0, 0.1) is 0 Å². The van der Waals surface area contributed by atoms with Crippen LogP contribution in [0.25, 0.3) is 0 Å². The van der Waals surface area contributed by atoms with Gasteiger partial charge in [0, 0.05) is 11.7 Å². The molecule has 0 bridgehead atoms. The molecule has 5 nitrogen and oxygen atoms in total. The zero-order valence-corrected chi connectivity index (χ0v) is 15.7. The van der Waals surface area contributed by atoms with Crippen molar-refractivity contribution < 1.29 is 9.59 Å². The molecule has 134 valence electrons. The first-order chi connectivity index (χ1) is 11.3. The third-order valence-electron chi connectivity index (χ3n) is 4.25. The first-order valence-corrected chi connectivity index (χ1v) is 8.65. The third-order valence-corrected chi connectivity index (χ3v) is 4.25. The van der Waals surface area contributed by atoms with Gasteiger partial charge in [-0.25, -0.2) is 0 Å². The topological polar surface area (TPSA) is 61.4 Å². The fraction of sp³-hybridized carbons (Fsp3) is 0.579. The first kappa shape index (κ1) is 20.2. The predicted molar refractivity (Wildman–Crippen MR) is 99.1 cm³/mol. The summed E-state index contributed by atoms with van der Waals surface area (Å²) < 4.78 is 0. The Bertz CT molecular complexity index is 557. The van der Waals surface area contributed by atoms with Gasteiger partial charge < -0.3 is 10.6 Å². The van der Waals surface area contributed by atoms with Crippen LogP contribution in [0.1, 0.15) is 52.5 Å². The molecular formula is C19H31N3O2. The summed E-state index contributed by atoms with van der Waals surface area (Å²) in [5.74, 6) is 0.198. The minimum Gasteiger partial charge on any atom is -0.353 e. The molecule has 2 amide bonds. The van der Waals surface area contributed by atoms with Crippen LogP contribution in [-0.2, 0) is 9.59 Å². The van der Waals surface area contributed by atoms with Crippen LogP contribution in [0.5, 0.6) is 0 Å². The lowest BCUT2D eigenvalue weighted by Gasteiger charge is -2.25. The van der Waals surface area contributed by atoms with Gasteiger partial charge >= 0.3 is 0 Å². The molecule has 5 heteroatoms. The maximum Gasteiger partial charge on any atom is 0.241 e. The normalized spacial score (nSPS) is 13.7. The van der Waals surface area contributed by atoms with E-state index in [0.29, 0.717) is 5.92 Å². The number of para-hydroxylation sites is 1. The summed E-state index contributed by atoms with van der Waals surface area (Å²) in [6.45, 7) is 10.1. The van der Waals surface area contributed by atoms with Gasteiger partial charge in [-0.15, -0.1) is 0 Å². The monoisotopic (exact) mass is 333 g/mol. The average molecular weight is 333 g/mol. The molecule has 1 aromatic rings. The van der Waals surface area contributed by atoms with Gasteiger partial charge in [0.1, 0.15) is 0 Å². The summed E-state index contributed by atoms with van der Waals surface area (Å²) in [6, 6.07) is 7.59. The molecule has 2 atom stereocenters. The van der Waals surface area contributed by atoms with Crippen LogP contribution in [-0.4, -0.2) is 42.4 Å². The number of carbonyl (C=O) groups excluding carboxylic acids is 2. The lowest BCUT2D eigenvalue weighted by Crippen LogP contribution is -2.46. The number of likely N-dealkylation sites (N-methyl/N-ethyl adjacent to an activating group) is 1. The number of nitrogens with zero attached hydrogens (tertiary/aromatic N) is 1. The number of anilines is 1. The standard InChI is InChI=1S/C19H31N3O2/c1-7-14(4)16-10-8-9-11-17(16)21-19(24)15(5)22(6)12-18(23)20-13(2)3/h8-11,13-15H,7,12H2,1-6H3,(H,20,23)(H,21,24)/t14-,15+/m0/s1. The minimum atomic E-state index is -0.395. The number of nitrogens with one attached hydrogen (secondary N) is 2. The summed E-state index contributed by atoms with van der Waals surface area (Å²) in [6.07, 6.45) is 1.01. The Morgan fingerprint density at radius 3 is 2.33 bits per heavy atom. The third kappa shape index (κ3) is 5.96. The predicted octanol–water partition coefficient (Wildman–Crippen LogP) is 2.98. The fourth-order valence-electron chi connectivity index (χ4n) is 2.43. The smallest absolute Gasteiger partial charge is 0.241 e. The van der Waals surface area contributed by atoms with Crippen LogP contribution in [0.2, 0.25) is 0 Å². The lowest BCUT2D eigenvalue weighted by atomic mass is 9.97. The Balaban J connectivity index is 2.72. The van der Waals surface area contributed by atoms with Gasteiger partial charge in [-0.1, -0.05) is 32.0 Å². The van der Waals surface area contributed by atoms with E-state index in [4.69, 9.17) is 0 Å². The van der Waals surface area contributed by atoms with Crippen molar-refractivity contribution in [2.75, 3.05) is 18.9 Å². The highest BCUT2D eigenvalue weighted by Crippen LogP contribution is 2.26. The molecule has 0 spiro atoms. The van der Waals surface area contributed by atoms with Crippen LogP contribution in [0.4, 0.5) is 5.69 Å². The highest BCUT2D eigenvalue weighted by Gasteiger charge is 2.21. The maximum atomic E-state index is 12.5. The van der Waals surface area contributed by atoms with Crippen LogP contribution < -0.4 is 10.6 Å². The van der Waals surface area contributed by atoms with Gasteiger partial charge in [-0.05, 0) is 51.8 Å². The number of rotatable bonds is 8. The SMILES string of the molecule is CC[C@H](C)c1ccccc1NC(=O)[C@@H](C)N(C)CC(=O)NC(C)C. The van der Waals surface area contributed by atoms with Crippen molar-refractivity contribution in [3.8, 4) is 0 Å². The van der Waals surface area contributed by atoms with E-state index in [1.165, 1.54) is 0 Å². The molecule has 1 aromatic carbocycles. The molecule has 0 aromatic heterocycles. The second-order valence-electron chi connectivity index (χ2n) is 6.70. The van der Waals surface area contributed by atoms with Gasteiger partial charge in [-0.2, -0.15) is 0 Å². The molecule has 0 fully saturated rings. The molecular weight excluding hydrogens is 302 g/mol. The number of hydrogen-bond acceptors (Lipinski definition) is 3. The van der Waals surface area contributed by atoms with Crippen LogP contribution >= 0.6 is 0 Å². The lowest BCUT2D eigenvalue weighted by molar-refractivity contribution is -0.125. The van der Waals surface area contributed by atoms with E-state index in [0.717, 1.165) is 17.7 Å². The Kier molecular flexibility index (Phi) is 7.92. The van der Waals surface area contributed by atoms with Crippen molar-refractivity contribution in [2.45, 2.75) is 59.0 Å². The van der Waals surface area contributed by atoms with Gasteiger partial charge in [0.15, 0.2) is 0 Å². The Morgan fingerprint density at radius 1 is 1.12 bits per heavy atom. The molecule has 0 aliphatic rings. The van der Waals surface area contributed by atoms with Gasteiger partial charge in [0.05, 0.1) is 12.6 Å². The first-order valence-electron chi connectivity index (χ1n) is 8.65. The van der Waals surface area contributed by atoms with Crippen molar-refractivity contribution in [3.05, 3.63) is 29.8 Å². The second kappa shape index (κ2) is 9.42. The van der Waals surface area contributed by atoms with Crippen LogP contribution in [0.3, 0.4) is 0 Å². The largest absolute Gasteiger partial charge is 0.353 e. The van der Waals surface area contributed by atoms with Gasteiger partial charge in [0.25, 0.3) is 0 Å². The van der Waals surface area contributed by atoms with Crippen molar-refractivity contribution in [1.29, 1.82) is 0 Å². The maximum absolute atomic E-state index is 12.5. The van der Waals surface area contributed by atoms with E-state index in [2.05, 4.69) is 24.5 Å². The molecule has 2 N–H and O–H groups in total. The number of hydrogen-bond donors (Lipinski definition) is 2. The molecule has 0 unspecified atom stereocenters. The zero-order chi connectivity index (χ0) is 18.3. The van der Waals surface area contributed by atoms with Crippen molar-refractivity contribution in [3.63, 3.8) is 0 Å². The Hall–Kier alpha value is -1.88. The van der Waals surface area contributed by atoms with Gasteiger partial charge in [0.2, 0.25) is 11.8 Å². The highest BCUT2D eigenvalue weighted by atomic mass is 16.2. The summed E-state index contributed by atoms with van der Waals surface area (Å²) in [5.41, 5.74) is 1.99. The minimum absolute atomic E-state index is 0.0767. The number of carbonyl (C=O) groups is 2. The highest BCUT2D eigenvalue weighted by molar-refractivity contribution is 5.95. The fourth-order valence-corrected chi connectivity index (χ4v) is 2.43. The van der Waals surface area contributed by atoms with E-state index in [1.807, 2.05) is 45.0 Å². The van der Waals surface area contributed by atoms with E-state index >= 15 is 0 Å². The molecule has 0 saturated carbocycles. The van der Waals surface area contributed by atoms with E-state index < -0.39 is 6.04 Å². The Morgan fingerprint density at radius 2 is 1.75 bits per heavy atom. The van der Waals surface area contributed by atoms with Crippen molar-refractivity contribution >= 4 is 17.5 Å². The van der Waals surface area contributed by atoms with E-state index in [-0.39, 0.29) is 24.4 Å². The molecule has 0 saturated heterocycles. The molecule has 1 rings (SSSR count). The molecule has 0 aliphatic heterocycles. The van der Waals surface area contributed by atoms with E-state index in [9.17, 15) is 9.59 Å². The molecule has 0 radical (unpaired) electrons. The summed E-state index contributed by atoms with van der Waals surface area (Å²) in [4.78, 5) is 26.1. The van der Waals surface area contributed by atoms with Crippen LogP contribution in [0.15, 0.2) is 24.3 Å². The molecule has 24 heavy (non-hydrogen) atoms. The summed E-state index contributed by atoms with van der Waals surface area (Å²) in [5, 5.41) is 5.84. The van der Waals surface area contributed by atoms with E-state index in [1.54, 1.807) is 11.9 Å². The molecule has 0 aliphatic carbocycles. The quantitative estimate of drug-likeness (QED) is 0.769. The van der Waals surface area contributed by atoms with Gasteiger partial charge in [-0.3, -0.25) is 14.5 Å². The average Bonchev–Trinajstić information content (AvgIpc) is 2.52. The zero-order valence-electron chi connectivity index (χ0n) is 15.7. The van der Waals surface area contributed by atoms with Crippen molar-refractivity contribution in [1.82, 2.24) is 10.2 Å². The summed E-state index contributed by atoms with van der Waals surface area (Å²) >= 11 is 0. The van der Waals surface area contributed by atoms with Crippen molar-refractivity contribution in [2.24, 2.45) is 0 Å². The number of benzene rings is 1. The summed E-state index contributed by atoms with van der Waals surface area (Å²) in [7, 11) is 1.78. The molecule has 0 heterocycles. The Labute approximate surface area is 145 Å². The second-order valence-corrected chi connectivity index (χ2v) is 6.70. The number of amides is 2.